The van der Waals surface area contributed by atoms with Crippen LogP contribution in [0.25, 0.3) is 5.95 Å². The lowest BCUT2D eigenvalue weighted by Gasteiger charge is -2.16. The smallest absolute Gasteiger partial charge is 0.308 e. The third kappa shape index (κ3) is 3.44. The van der Waals surface area contributed by atoms with Crippen LogP contribution in [0.1, 0.15) is 34.8 Å². The molecule has 8 heteroatoms. The Balaban J connectivity index is 1.82. The highest BCUT2D eigenvalue weighted by Gasteiger charge is 2.31. The fraction of sp³-hybridized carbons (Fsp3) is 0.500. The number of hydrogen-bond donors (Lipinski definition) is 1. The summed E-state index contributed by atoms with van der Waals surface area (Å²) in [4.78, 5) is 34.2. The van der Waals surface area contributed by atoms with Crippen LogP contribution in [-0.4, -0.2) is 54.7 Å². The van der Waals surface area contributed by atoms with Gasteiger partial charge in [0.05, 0.1) is 18.0 Å². The van der Waals surface area contributed by atoms with Crippen LogP contribution in [0.3, 0.4) is 0 Å². The molecule has 2 aromatic heterocycles. The number of aliphatic carboxylic acids is 1. The molecule has 8 nitrogen and oxygen atoms in total. The van der Waals surface area contributed by atoms with Crippen LogP contribution in [0.15, 0.2) is 6.07 Å². The van der Waals surface area contributed by atoms with Gasteiger partial charge >= 0.3 is 5.97 Å². The zero-order chi connectivity index (χ0) is 19.0. The Morgan fingerprint density at radius 2 is 1.85 bits per heavy atom. The number of amides is 1. The van der Waals surface area contributed by atoms with Crippen molar-refractivity contribution in [3.8, 4) is 5.95 Å². The lowest BCUT2D eigenvalue weighted by Crippen LogP contribution is -2.31. The topological polar surface area (TPSA) is 101 Å². The van der Waals surface area contributed by atoms with Crippen LogP contribution in [0.5, 0.6) is 0 Å². The first-order valence-electron chi connectivity index (χ1n) is 8.64. The average Bonchev–Trinajstić information content (AvgIpc) is 3.14. The van der Waals surface area contributed by atoms with Crippen molar-refractivity contribution in [1.82, 2.24) is 24.6 Å². The van der Waals surface area contributed by atoms with Gasteiger partial charge in [-0.3, -0.25) is 9.59 Å². The van der Waals surface area contributed by atoms with Crippen LogP contribution >= 0.6 is 0 Å². The largest absolute Gasteiger partial charge is 0.481 e. The van der Waals surface area contributed by atoms with Crippen LogP contribution in [-0.2, 0) is 16.0 Å². The molecule has 1 amide bonds. The fourth-order valence-electron chi connectivity index (χ4n) is 3.38. The van der Waals surface area contributed by atoms with Gasteiger partial charge in [-0.2, -0.15) is 5.10 Å². The average molecular weight is 357 g/mol. The Hall–Kier alpha value is -2.77. The zero-order valence-electron chi connectivity index (χ0n) is 15.5. The molecule has 2 aromatic rings. The Bertz CT molecular complexity index is 854. The second-order valence-corrected chi connectivity index (χ2v) is 6.85. The van der Waals surface area contributed by atoms with Gasteiger partial charge in [0.25, 0.3) is 5.95 Å². The SMILES string of the molecule is Cc1cc(C)nc(-n2nc(C)c(CC(=O)N3CCC(C(=O)O)C3)c2C)n1. The van der Waals surface area contributed by atoms with Crippen molar-refractivity contribution in [2.75, 3.05) is 13.1 Å². The first-order chi connectivity index (χ1) is 12.3. The molecule has 0 aliphatic carbocycles. The van der Waals surface area contributed by atoms with Crippen LogP contribution < -0.4 is 0 Å². The van der Waals surface area contributed by atoms with Crippen LogP contribution in [0.4, 0.5) is 0 Å². The van der Waals surface area contributed by atoms with E-state index in [1.165, 1.54) is 0 Å². The summed E-state index contributed by atoms with van der Waals surface area (Å²) in [5, 5.41) is 13.6. The molecule has 1 unspecified atom stereocenters. The number of hydrogen-bond acceptors (Lipinski definition) is 5. The van der Waals surface area contributed by atoms with E-state index in [0.29, 0.717) is 18.9 Å². The van der Waals surface area contributed by atoms with Gasteiger partial charge in [0.2, 0.25) is 5.91 Å². The Morgan fingerprint density at radius 3 is 2.42 bits per heavy atom. The maximum Gasteiger partial charge on any atom is 0.308 e. The molecule has 1 aliphatic heterocycles. The molecule has 1 fully saturated rings. The summed E-state index contributed by atoms with van der Waals surface area (Å²) in [6, 6.07) is 1.89. The molecular formula is C18H23N5O3. The van der Waals surface area contributed by atoms with E-state index in [4.69, 9.17) is 5.11 Å². The summed E-state index contributed by atoms with van der Waals surface area (Å²) >= 11 is 0. The fourth-order valence-corrected chi connectivity index (χ4v) is 3.38. The first-order valence-corrected chi connectivity index (χ1v) is 8.64. The van der Waals surface area contributed by atoms with Gasteiger partial charge < -0.3 is 10.0 Å². The monoisotopic (exact) mass is 357 g/mol. The van der Waals surface area contributed by atoms with E-state index in [9.17, 15) is 9.59 Å². The minimum atomic E-state index is -0.840. The van der Waals surface area contributed by atoms with Crippen LogP contribution in [0, 0.1) is 33.6 Å². The predicted molar refractivity (Wildman–Crippen MR) is 94.1 cm³/mol. The molecule has 1 saturated heterocycles. The number of aryl methyl sites for hydroxylation is 3. The van der Waals surface area contributed by atoms with Crippen molar-refractivity contribution in [3.05, 3.63) is 34.4 Å². The van der Waals surface area contributed by atoms with E-state index in [-0.39, 0.29) is 18.9 Å². The van der Waals surface area contributed by atoms with Gasteiger partial charge in [0.15, 0.2) is 0 Å². The highest BCUT2D eigenvalue weighted by molar-refractivity contribution is 5.81. The van der Waals surface area contributed by atoms with Gasteiger partial charge in [-0.15, -0.1) is 0 Å². The molecule has 1 N–H and O–H groups in total. The number of rotatable bonds is 4. The van der Waals surface area contributed by atoms with E-state index in [0.717, 1.165) is 28.3 Å². The molecule has 138 valence electrons. The summed E-state index contributed by atoms with van der Waals surface area (Å²) < 4.78 is 1.67. The van der Waals surface area contributed by atoms with Crippen molar-refractivity contribution in [2.45, 2.75) is 40.5 Å². The maximum atomic E-state index is 12.6. The molecule has 1 atom stereocenters. The second kappa shape index (κ2) is 6.86. The summed E-state index contributed by atoms with van der Waals surface area (Å²) in [6.07, 6.45) is 0.712. The van der Waals surface area contributed by atoms with Crippen molar-refractivity contribution < 1.29 is 14.7 Å². The molecule has 1 aliphatic rings. The molecule has 0 spiro atoms. The molecule has 0 saturated carbocycles. The zero-order valence-corrected chi connectivity index (χ0v) is 15.5. The lowest BCUT2D eigenvalue weighted by molar-refractivity contribution is -0.141. The van der Waals surface area contributed by atoms with Crippen molar-refractivity contribution in [2.24, 2.45) is 5.92 Å². The number of carboxylic acids is 1. The summed E-state index contributed by atoms with van der Waals surface area (Å²) in [5.74, 6) is -0.880. The van der Waals surface area contributed by atoms with Gasteiger partial charge in [-0.05, 0) is 40.2 Å². The van der Waals surface area contributed by atoms with Gasteiger partial charge in [-0.1, -0.05) is 0 Å². The number of likely N-dealkylation sites (tertiary alicyclic amines) is 1. The second-order valence-electron chi connectivity index (χ2n) is 6.85. The molecule has 0 bridgehead atoms. The lowest BCUT2D eigenvalue weighted by atomic mass is 10.1. The summed E-state index contributed by atoms with van der Waals surface area (Å²) in [7, 11) is 0. The summed E-state index contributed by atoms with van der Waals surface area (Å²) in [6.45, 7) is 8.33. The normalized spacial score (nSPS) is 16.9. The summed E-state index contributed by atoms with van der Waals surface area (Å²) in [5.41, 5.74) is 4.14. The number of aromatic nitrogens is 4. The minimum absolute atomic E-state index is 0.0687. The molecule has 3 rings (SSSR count). The van der Waals surface area contributed by atoms with E-state index in [2.05, 4.69) is 15.1 Å². The van der Waals surface area contributed by atoms with E-state index < -0.39 is 11.9 Å². The maximum absolute atomic E-state index is 12.6. The predicted octanol–water partition coefficient (Wildman–Crippen LogP) is 1.37. The molecule has 0 aromatic carbocycles. The molecule has 0 radical (unpaired) electrons. The number of carbonyl (C=O) groups is 2. The highest BCUT2D eigenvalue weighted by atomic mass is 16.4. The third-order valence-corrected chi connectivity index (χ3v) is 4.82. The van der Waals surface area contributed by atoms with Crippen LogP contribution in [0.2, 0.25) is 0 Å². The Morgan fingerprint density at radius 1 is 1.19 bits per heavy atom. The number of nitrogens with zero attached hydrogens (tertiary/aromatic N) is 5. The molecule has 3 heterocycles. The van der Waals surface area contributed by atoms with Crippen molar-refractivity contribution in [1.29, 1.82) is 0 Å². The number of carbonyl (C=O) groups excluding carboxylic acids is 1. The highest BCUT2D eigenvalue weighted by Crippen LogP contribution is 2.21. The van der Waals surface area contributed by atoms with E-state index in [1.807, 2.05) is 33.8 Å². The quantitative estimate of drug-likeness (QED) is 0.887. The molecular weight excluding hydrogens is 334 g/mol. The van der Waals surface area contributed by atoms with Gasteiger partial charge in [-0.25, -0.2) is 14.6 Å². The van der Waals surface area contributed by atoms with Crippen molar-refractivity contribution >= 4 is 11.9 Å². The minimum Gasteiger partial charge on any atom is -0.481 e. The van der Waals surface area contributed by atoms with Crippen molar-refractivity contribution in [3.63, 3.8) is 0 Å². The number of carboxylic acid groups (broad SMARTS) is 1. The van der Waals surface area contributed by atoms with E-state index in [1.54, 1.807) is 9.58 Å². The Kier molecular flexibility index (Phi) is 4.76. The van der Waals surface area contributed by atoms with Gasteiger partial charge in [0.1, 0.15) is 0 Å². The van der Waals surface area contributed by atoms with Gasteiger partial charge in [0, 0.05) is 35.7 Å². The Labute approximate surface area is 151 Å². The third-order valence-electron chi connectivity index (χ3n) is 4.82. The standard InChI is InChI=1S/C18H23N5O3/c1-10-7-11(2)20-18(19-10)23-13(4)15(12(3)21-23)8-16(24)22-6-5-14(9-22)17(25)26/h7,14H,5-6,8-9H2,1-4H3,(H,25,26). The first kappa shape index (κ1) is 18.0. The molecule has 26 heavy (non-hydrogen) atoms. The van der Waals surface area contributed by atoms with E-state index >= 15 is 0 Å².